The molecule has 4 nitrogen and oxygen atoms in total. The van der Waals surface area contributed by atoms with Crippen molar-refractivity contribution in [2.45, 2.75) is 25.8 Å². The van der Waals surface area contributed by atoms with Crippen molar-refractivity contribution in [3.05, 3.63) is 0 Å². The van der Waals surface area contributed by atoms with E-state index in [2.05, 4.69) is 16.6 Å². The molecule has 0 radical (unpaired) electrons. The van der Waals surface area contributed by atoms with Crippen molar-refractivity contribution >= 4 is 6.09 Å². The largest absolute Gasteiger partial charge is 0.450 e. The highest BCUT2D eigenvalue weighted by Crippen LogP contribution is 2.03. The van der Waals surface area contributed by atoms with Gasteiger partial charge in [0.15, 0.2) is 0 Å². The Hall–Kier alpha value is -0.770. The SMILES string of the molecule is CCC(CCOC(N)=O)N(C)C. The molecular formula is C8H18N2O2. The summed E-state index contributed by atoms with van der Waals surface area (Å²) < 4.78 is 4.64. The van der Waals surface area contributed by atoms with Crippen LogP contribution in [0.4, 0.5) is 4.79 Å². The van der Waals surface area contributed by atoms with Gasteiger partial charge in [-0.3, -0.25) is 0 Å². The van der Waals surface area contributed by atoms with E-state index in [9.17, 15) is 4.79 Å². The average molecular weight is 174 g/mol. The van der Waals surface area contributed by atoms with Crippen molar-refractivity contribution < 1.29 is 9.53 Å². The van der Waals surface area contributed by atoms with Crippen LogP contribution in [-0.4, -0.2) is 37.7 Å². The number of carbonyl (C=O) groups excluding carboxylic acids is 1. The molecule has 0 aliphatic carbocycles. The molecule has 0 rings (SSSR count). The summed E-state index contributed by atoms with van der Waals surface area (Å²) in [5, 5.41) is 0. The summed E-state index contributed by atoms with van der Waals surface area (Å²) in [6.45, 7) is 2.51. The van der Waals surface area contributed by atoms with Crippen LogP contribution in [0.15, 0.2) is 0 Å². The van der Waals surface area contributed by atoms with Gasteiger partial charge in [0.05, 0.1) is 6.61 Å². The molecule has 1 amide bonds. The van der Waals surface area contributed by atoms with Crippen LogP contribution < -0.4 is 5.73 Å². The second-order valence-corrected chi connectivity index (χ2v) is 2.98. The molecular weight excluding hydrogens is 156 g/mol. The van der Waals surface area contributed by atoms with Crippen LogP contribution in [0.2, 0.25) is 0 Å². The molecule has 2 N–H and O–H groups in total. The number of nitrogens with zero attached hydrogens (tertiary/aromatic N) is 1. The minimum absolute atomic E-state index is 0.409. The van der Waals surface area contributed by atoms with E-state index in [-0.39, 0.29) is 0 Å². The molecule has 0 bridgehead atoms. The zero-order valence-electron chi connectivity index (χ0n) is 8.04. The van der Waals surface area contributed by atoms with Gasteiger partial charge in [-0.25, -0.2) is 4.79 Å². The standard InChI is InChI=1S/C8H18N2O2/c1-4-7(10(2)3)5-6-12-8(9)11/h7H,4-6H2,1-3H3,(H2,9,11). The summed E-state index contributed by atoms with van der Waals surface area (Å²) in [4.78, 5) is 12.3. The van der Waals surface area contributed by atoms with Crippen molar-refractivity contribution in [2.75, 3.05) is 20.7 Å². The molecule has 0 aromatic heterocycles. The minimum atomic E-state index is -0.691. The zero-order chi connectivity index (χ0) is 9.56. The lowest BCUT2D eigenvalue weighted by molar-refractivity contribution is 0.140. The Morgan fingerprint density at radius 2 is 2.17 bits per heavy atom. The molecule has 0 saturated carbocycles. The molecule has 0 saturated heterocycles. The van der Waals surface area contributed by atoms with Gasteiger partial charge in [0.1, 0.15) is 0 Å². The summed E-state index contributed by atoms with van der Waals surface area (Å²) in [5.74, 6) is 0. The Bertz CT molecular complexity index is 137. The van der Waals surface area contributed by atoms with E-state index >= 15 is 0 Å². The maximum atomic E-state index is 10.2. The van der Waals surface area contributed by atoms with Gasteiger partial charge in [0.25, 0.3) is 0 Å². The Labute approximate surface area is 73.7 Å². The third-order valence-corrected chi connectivity index (χ3v) is 1.90. The van der Waals surface area contributed by atoms with Gasteiger partial charge in [-0.05, 0) is 26.9 Å². The van der Waals surface area contributed by atoms with Crippen LogP contribution in [0.1, 0.15) is 19.8 Å². The highest BCUT2D eigenvalue weighted by molar-refractivity contribution is 5.64. The molecule has 0 spiro atoms. The molecule has 1 unspecified atom stereocenters. The molecule has 72 valence electrons. The van der Waals surface area contributed by atoms with E-state index < -0.39 is 6.09 Å². The first-order valence-electron chi connectivity index (χ1n) is 4.16. The van der Waals surface area contributed by atoms with Gasteiger partial charge >= 0.3 is 6.09 Å². The molecule has 0 heterocycles. The predicted molar refractivity (Wildman–Crippen MR) is 47.9 cm³/mol. The second-order valence-electron chi connectivity index (χ2n) is 2.98. The molecule has 0 aromatic rings. The van der Waals surface area contributed by atoms with Crippen molar-refractivity contribution in [3.8, 4) is 0 Å². The summed E-state index contributed by atoms with van der Waals surface area (Å²) in [7, 11) is 4.02. The summed E-state index contributed by atoms with van der Waals surface area (Å²) in [6.07, 6.45) is 1.20. The maximum Gasteiger partial charge on any atom is 0.404 e. The second kappa shape index (κ2) is 5.83. The van der Waals surface area contributed by atoms with Crippen LogP contribution in [-0.2, 0) is 4.74 Å². The van der Waals surface area contributed by atoms with E-state index in [4.69, 9.17) is 5.73 Å². The van der Waals surface area contributed by atoms with Crippen LogP contribution in [0, 0.1) is 0 Å². The Morgan fingerprint density at radius 1 is 1.58 bits per heavy atom. The first-order valence-corrected chi connectivity index (χ1v) is 4.16. The molecule has 12 heavy (non-hydrogen) atoms. The minimum Gasteiger partial charge on any atom is -0.450 e. The zero-order valence-corrected chi connectivity index (χ0v) is 8.04. The third kappa shape index (κ3) is 4.96. The first kappa shape index (κ1) is 11.2. The quantitative estimate of drug-likeness (QED) is 0.671. The van der Waals surface area contributed by atoms with Crippen molar-refractivity contribution in [1.82, 2.24) is 4.90 Å². The van der Waals surface area contributed by atoms with E-state index in [0.717, 1.165) is 12.8 Å². The van der Waals surface area contributed by atoms with Gasteiger partial charge in [0, 0.05) is 6.04 Å². The number of ether oxygens (including phenoxy) is 1. The molecule has 1 atom stereocenters. The smallest absolute Gasteiger partial charge is 0.404 e. The molecule has 0 aliphatic rings. The van der Waals surface area contributed by atoms with Gasteiger partial charge in [0.2, 0.25) is 0 Å². The molecule has 4 heteroatoms. The highest BCUT2D eigenvalue weighted by atomic mass is 16.5. The number of hydrogen-bond acceptors (Lipinski definition) is 3. The lowest BCUT2D eigenvalue weighted by Gasteiger charge is -2.22. The lowest BCUT2D eigenvalue weighted by Crippen LogP contribution is -2.29. The van der Waals surface area contributed by atoms with Gasteiger partial charge in [-0.2, -0.15) is 0 Å². The molecule has 0 aliphatic heterocycles. The maximum absolute atomic E-state index is 10.2. The summed E-state index contributed by atoms with van der Waals surface area (Å²) in [5.41, 5.74) is 4.82. The number of primary amides is 1. The fourth-order valence-electron chi connectivity index (χ4n) is 1.12. The number of carbonyl (C=O) groups is 1. The fourth-order valence-corrected chi connectivity index (χ4v) is 1.12. The fraction of sp³-hybridized carbons (Fsp3) is 0.875. The van der Waals surface area contributed by atoms with Gasteiger partial charge < -0.3 is 15.4 Å². The molecule has 0 fully saturated rings. The Kier molecular flexibility index (Phi) is 5.45. The highest BCUT2D eigenvalue weighted by Gasteiger charge is 2.08. The Balaban J connectivity index is 3.51. The van der Waals surface area contributed by atoms with E-state index in [0.29, 0.717) is 12.6 Å². The lowest BCUT2D eigenvalue weighted by atomic mass is 10.1. The monoisotopic (exact) mass is 174 g/mol. The van der Waals surface area contributed by atoms with E-state index in [1.165, 1.54) is 0 Å². The predicted octanol–water partition coefficient (Wildman–Crippen LogP) is 0.812. The van der Waals surface area contributed by atoms with Crippen LogP contribution in [0.5, 0.6) is 0 Å². The van der Waals surface area contributed by atoms with Crippen LogP contribution >= 0.6 is 0 Å². The van der Waals surface area contributed by atoms with Crippen LogP contribution in [0.3, 0.4) is 0 Å². The van der Waals surface area contributed by atoms with Crippen LogP contribution in [0.25, 0.3) is 0 Å². The van der Waals surface area contributed by atoms with Crippen molar-refractivity contribution in [1.29, 1.82) is 0 Å². The van der Waals surface area contributed by atoms with Crippen molar-refractivity contribution in [3.63, 3.8) is 0 Å². The number of amides is 1. The molecule has 0 aromatic carbocycles. The first-order chi connectivity index (χ1) is 5.57. The Morgan fingerprint density at radius 3 is 2.50 bits per heavy atom. The normalized spacial score (nSPS) is 13.0. The number of hydrogen-bond donors (Lipinski definition) is 1. The van der Waals surface area contributed by atoms with E-state index in [1.807, 2.05) is 14.1 Å². The van der Waals surface area contributed by atoms with Gasteiger partial charge in [-0.1, -0.05) is 6.92 Å². The number of nitrogens with two attached hydrogens (primary N) is 1. The number of rotatable bonds is 5. The van der Waals surface area contributed by atoms with Gasteiger partial charge in [-0.15, -0.1) is 0 Å². The summed E-state index contributed by atoms with van der Waals surface area (Å²) >= 11 is 0. The van der Waals surface area contributed by atoms with Crippen molar-refractivity contribution in [2.24, 2.45) is 5.73 Å². The average Bonchev–Trinajstić information content (AvgIpc) is 1.96. The summed E-state index contributed by atoms with van der Waals surface area (Å²) in [6, 6.07) is 0.462. The topological polar surface area (TPSA) is 55.6 Å². The third-order valence-electron chi connectivity index (χ3n) is 1.90. The van der Waals surface area contributed by atoms with E-state index in [1.54, 1.807) is 0 Å².